The molecule has 7 heteroatoms. The number of aromatic nitrogens is 2. The van der Waals surface area contributed by atoms with E-state index in [4.69, 9.17) is 0 Å². The van der Waals surface area contributed by atoms with Crippen molar-refractivity contribution < 1.29 is 9.18 Å². The number of amides is 1. The van der Waals surface area contributed by atoms with Crippen LogP contribution in [0.5, 0.6) is 0 Å². The fourth-order valence-electron chi connectivity index (χ4n) is 2.79. The van der Waals surface area contributed by atoms with Crippen LogP contribution in [0, 0.1) is 12.7 Å². The van der Waals surface area contributed by atoms with E-state index < -0.39 is 0 Å². The van der Waals surface area contributed by atoms with Crippen molar-refractivity contribution in [2.75, 3.05) is 11.9 Å². The molecule has 2 aromatic heterocycles. The second-order valence-electron chi connectivity index (χ2n) is 6.11. The number of anilines is 1. The van der Waals surface area contributed by atoms with Crippen LogP contribution in [0.4, 0.5) is 9.52 Å². The number of halogens is 1. The minimum atomic E-state index is -0.293. The van der Waals surface area contributed by atoms with Crippen molar-refractivity contribution in [3.8, 4) is 11.3 Å². The van der Waals surface area contributed by atoms with E-state index in [-0.39, 0.29) is 18.1 Å². The molecule has 136 valence electrons. The summed E-state index contributed by atoms with van der Waals surface area (Å²) in [4.78, 5) is 24.4. The molecule has 0 saturated carbocycles. The van der Waals surface area contributed by atoms with Gasteiger partial charge < -0.3 is 0 Å². The number of fused-ring (bicyclic) bond motifs is 1. The second kappa shape index (κ2) is 7.17. The summed E-state index contributed by atoms with van der Waals surface area (Å²) in [5.74, 6) is -0.347. The average Bonchev–Trinajstić information content (AvgIpc) is 3.25. The van der Waals surface area contributed by atoms with E-state index in [1.54, 1.807) is 24.1 Å². The molecule has 0 bridgehead atoms. The number of likely N-dealkylation sites (N-methyl/N-ethyl adjacent to an activating group) is 1. The van der Waals surface area contributed by atoms with E-state index in [1.165, 1.54) is 34.8 Å². The van der Waals surface area contributed by atoms with Crippen LogP contribution in [0.25, 0.3) is 21.5 Å². The predicted molar refractivity (Wildman–Crippen MR) is 109 cm³/mol. The smallest absolute Gasteiger partial charge is 0.233 e. The third-order valence-corrected chi connectivity index (χ3v) is 6.26. The van der Waals surface area contributed by atoms with Crippen LogP contribution >= 0.6 is 22.7 Å². The number of para-hydroxylation sites is 1. The first-order valence-corrected chi connectivity index (χ1v) is 9.99. The molecule has 0 spiro atoms. The van der Waals surface area contributed by atoms with Crippen LogP contribution in [0.2, 0.25) is 0 Å². The van der Waals surface area contributed by atoms with Crippen LogP contribution in [-0.4, -0.2) is 22.9 Å². The number of benzene rings is 2. The van der Waals surface area contributed by atoms with Gasteiger partial charge in [0.05, 0.1) is 27.3 Å². The molecule has 0 N–H and O–H groups in total. The maximum atomic E-state index is 13.2. The van der Waals surface area contributed by atoms with Crippen LogP contribution < -0.4 is 4.90 Å². The minimum Gasteiger partial charge on any atom is -0.291 e. The van der Waals surface area contributed by atoms with E-state index in [0.29, 0.717) is 5.13 Å². The first kappa shape index (κ1) is 17.8. The molecule has 4 nitrogen and oxygen atoms in total. The number of hydrogen-bond donors (Lipinski definition) is 0. The van der Waals surface area contributed by atoms with Crippen molar-refractivity contribution >= 4 is 43.9 Å². The van der Waals surface area contributed by atoms with Crippen LogP contribution in [0.15, 0.2) is 48.5 Å². The summed E-state index contributed by atoms with van der Waals surface area (Å²) >= 11 is 2.98. The standard InChI is InChI=1S/C20H16FN3OS2/c1-12-22-19(13-7-9-14(21)10-8-13)17(26-12)11-18(25)24(2)20-23-15-5-3-4-6-16(15)27-20/h3-10H,11H2,1-2H3. The summed E-state index contributed by atoms with van der Waals surface area (Å²) in [5.41, 5.74) is 2.44. The van der Waals surface area contributed by atoms with Gasteiger partial charge in [-0.05, 0) is 43.3 Å². The largest absolute Gasteiger partial charge is 0.291 e. The molecule has 4 rings (SSSR count). The number of hydrogen-bond acceptors (Lipinski definition) is 5. The zero-order valence-corrected chi connectivity index (χ0v) is 16.4. The molecular weight excluding hydrogens is 381 g/mol. The molecule has 2 heterocycles. The summed E-state index contributed by atoms with van der Waals surface area (Å²) < 4.78 is 14.3. The van der Waals surface area contributed by atoms with Gasteiger partial charge in [-0.1, -0.05) is 23.5 Å². The highest BCUT2D eigenvalue weighted by atomic mass is 32.1. The monoisotopic (exact) mass is 397 g/mol. The highest BCUT2D eigenvalue weighted by Crippen LogP contribution is 2.31. The Morgan fingerprint density at radius 3 is 2.56 bits per heavy atom. The van der Waals surface area contributed by atoms with Crippen molar-refractivity contribution in [1.29, 1.82) is 0 Å². The van der Waals surface area contributed by atoms with Gasteiger partial charge in [0.1, 0.15) is 5.82 Å². The highest BCUT2D eigenvalue weighted by molar-refractivity contribution is 7.22. The van der Waals surface area contributed by atoms with Gasteiger partial charge >= 0.3 is 0 Å². The molecule has 0 aliphatic heterocycles. The van der Waals surface area contributed by atoms with Gasteiger partial charge in [-0.15, -0.1) is 11.3 Å². The molecular formula is C20H16FN3OS2. The normalized spacial score (nSPS) is 11.1. The van der Waals surface area contributed by atoms with Crippen molar-refractivity contribution in [3.05, 3.63) is 64.2 Å². The molecule has 0 radical (unpaired) electrons. The Kier molecular flexibility index (Phi) is 4.72. The van der Waals surface area contributed by atoms with Gasteiger partial charge in [0, 0.05) is 17.5 Å². The van der Waals surface area contributed by atoms with Gasteiger partial charge in [0.25, 0.3) is 0 Å². The Morgan fingerprint density at radius 1 is 1.07 bits per heavy atom. The molecule has 0 atom stereocenters. The van der Waals surface area contributed by atoms with Crippen molar-refractivity contribution in [2.24, 2.45) is 0 Å². The summed E-state index contributed by atoms with van der Waals surface area (Å²) in [7, 11) is 1.74. The summed E-state index contributed by atoms with van der Waals surface area (Å²) in [6, 6.07) is 14.0. The number of carbonyl (C=O) groups excluding carboxylic acids is 1. The van der Waals surface area contributed by atoms with Gasteiger partial charge in [-0.3, -0.25) is 9.69 Å². The maximum Gasteiger partial charge on any atom is 0.233 e. The molecule has 27 heavy (non-hydrogen) atoms. The van der Waals surface area contributed by atoms with E-state index in [9.17, 15) is 9.18 Å². The number of nitrogens with zero attached hydrogens (tertiary/aromatic N) is 3. The quantitative estimate of drug-likeness (QED) is 0.483. The average molecular weight is 398 g/mol. The van der Waals surface area contributed by atoms with E-state index in [1.807, 2.05) is 31.2 Å². The van der Waals surface area contributed by atoms with E-state index in [2.05, 4.69) is 9.97 Å². The van der Waals surface area contributed by atoms with E-state index in [0.717, 1.165) is 31.4 Å². The molecule has 0 saturated heterocycles. The number of thiazole rings is 2. The third kappa shape index (κ3) is 3.61. The fourth-order valence-corrected chi connectivity index (χ4v) is 4.68. The number of carbonyl (C=O) groups is 1. The lowest BCUT2D eigenvalue weighted by Crippen LogP contribution is -2.27. The van der Waals surface area contributed by atoms with Gasteiger partial charge in [-0.25, -0.2) is 14.4 Å². The van der Waals surface area contributed by atoms with Crippen molar-refractivity contribution in [2.45, 2.75) is 13.3 Å². The molecule has 0 fully saturated rings. The Labute approximate surface area is 163 Å². The zero-order valence-electron chi connectivity index (χ0n) is 14.8. The molecule has 1 amide bonds. The van der Waals surface area contributed by atoms with Gasteiger partial charge in [0.15, 0.2) is 5.13 Å². The topological polar surface area (TPSA) is 46.1 Å². The van der Waals surface area contributed by atoms with Gasteiger partial charge in [0.2, 0.25) is 5.91 Å². The lowest BCUT2D eigenvalue weighted by molar-refractivity contribution is -0.117. The Hall–Kier alpha value is -2.64. The molecule has 0 unspecified atom stereocenters. The SMILES string of the molecule is Cc1nc(-c2ccc(F)cc2)c(CC(=O)N(C)c2nc3ccccc3s2)s1. The zero-order chi connectivity index (χ0) is 19.0. The molecule has 2 aromatic carbocycles. The highest BCUT2D eigenvalue weighted by Gasteiger charge is 2.20. The molecule has 0 aliphatic carbocycles. The summed E-state index contributed by atoms with van der Waals surface area (Å²) in [6.07, 6.45) is 0.227. The summed E-state index contributed by atoms with van der Waals surface area (Å²) in [6.45, 7) is 1.91. The predicted octanol–water partition coefficient (Wildman–Crippen LogP) is 5.07. The Balaban J connectivity index is 1.60. The second-order valence-corrected chi connectivity index (χ2v) is 8.40. The first-order valence-electron chi connectivity index (χ1n) is 8.35. The van der Waals surface area contributed by atoms with Crippen molar-refractivity contribution in [3.63, 3.8) is 0 Å². The molecule has 0 aliphatic rings. The van der Waals surface area contributed by atoms with E-state index >= 15 is 0 Å². The number of rotatable bonds is 4. The Morgan fingerprint density at radius 2 is 1.81 bits per heavy atom. The van der Waals surface area contributed by atoms with Gasteiger partial charge in [-0.2, -0.15) is 0 Å². The molecule has 4 aromatic rings. The number of aryl methyl sites for hydroxylation is 1. The maximum absolute atomic E-state index is 13.2. The van der Waals surface area contributed by atoms with Crippen molar-refractivity contribution in [1.82, 2.24) is 9.97 Å². The lowest BCUT2D eigenvalue weighted by atomic mass is 10.1. The van der Waals surface area contributed by atoms with Crippen LogP contribution in [-0.2, 0) is 11.2 Å². The lowest BCUT2D eigenvalue weighted by Gasteiger charge is -2.13. The van der Waals surface area contributed by atoms with Crippen LogP contribution in [0.3, 0.4) is 0 Å². The van der Waals surface area contributed by atoms with Crippen LogP contribution in [0.1, 0.15) is 9.88 Å². The summed E-state index contributed by atoms with van der Waals surface area (Å²) in [5, 5.41) is 1.55. The minimum absolute atomic E-state index is 0.0546. The Bertz CT molecular complexity index is 1080. The third-order valence-electron chi connectivity index (χ3n) is 4.18. The fraction of sp³-hybridized carbons (Fsp3) is 0.150. The first-order chi connectivity index (χ1) is 13.0.